The van der Waals surface area contributed by atoms with Crippen molar-refractivity contribution in [1.82, 2.24) is 4.90 Å². The maximum Gasteiger partial charge on any atom is 0.423 e. The van der Waals surface area contributed by atoms with E-state index in [1.54, 1.807) is 0 Å². The van der Waals surface area contributed by atoms with E-state index in [4.69, 9.17) is 6.42 Å². The Morgan fingerprint density at radius 3 is 2.40 bits per heavy atom. The van der Waals surface area contributed by atoms with E-state index in [0.29, 0.717) is 13.1 Å². The second kappa shape index (κ2) is 4.68. The molecular weight excluding hydrogens is 130 g/mol. The van der Waals surface area contributed by atoms with Gasteiger partial charge in [-0.25, -0.2) is 4.79 Å². The van der Waals surface area contributed by atoms with Gasteiger partial charge in [0.15, 0.2) is 0 Å². The average molecular weight is 141 g/mol. The Bertz CT molecular complexity index is 144. The summed E-state index contributed by atoms with van der Waals surface area (Å²) in [6.45, 7) is 4.97. The smallest absolute Gasteiger partial charge is 0.356 e. The summed E-state index contributed by atoms with van der Waals surface area (Å²) in [5.74, 6) is 0. The van der Waals surface area contributed by atoms with Crippen molar-refractivity contribution in [3.05, 3.63) is 0 Å². The first-order chi connectivity index (χ1) is 4.76. The number of rotatable bonds is 2. The van der Waals surface area contributed by atoms with E-state index in [-0.39, 0.29) is 0 Å². The minimum absolute atomic E-state index is 0.451. The molecule has 0 saturated heterocycles. The molecule has 0 N–H and O–H groups in total. The van der Waals surface area contributed by atoms with Gasteiger partial charge in [-0.05, 0) is 13.8 Å². The van der Waals surface area contributed by atoms with E-state index in [2.05, 4.69) is 4.74 Å². The monoisotopic (exact) mass is 141 g/mol. The molecule has 0 rings (SSSR count). The number of hydrogen-bond donors (Lipinski definition) is 0. The molecule has 0 aliphatic rings. The molecule has 0 aromatic rings. The molecule has 3 heteroatoms. The molecule has 0 aliphatic carbocycles. The third-order valence-corrected chi connectivity index (χ3v) is 1.17. The van der Waals surface area contributed by atoms with Crippen molar-refractivity contribution in [2.75, 3.05) is 13.1 Å². The van der Waals surface area contributed by atoms with E-state index in [1.807, 2.05) is 20.0 Å². The van der Waals surface area contributed by atoms with Crippen LogP contribution >= 0.6 is 0 Å². The van der Waals surface area contributed by atoms with Crippen LogP contribution in [0.1, 0.15) is 13.8 Å². The summed E-state index contributed by atoms with van der Waals surface area (Å²) < 4.78 is 4.30. The van der Waals surface area contributed by atoms with E-state index in [1.165, 1.54) is 4.90 Å². The maximum absolute atomic E-state index is 10.8. The summed E-state index contributed by atoms with van der Waals surface area (Å²) in [6, 6.07) is 0. The fourth-order valence-electron chi connectivity index (χ4n) is 0.597. The molecule has 0 bridgehead atoms. The molecule has 0 saturated carbocycles. The maximum atomic E-state index is 10.8. The SMILES string of the molecule is C#COC(=O)N(CC)CC. The van der Waals surface area contributed by atoms with Gasteiger partial charge >= 0.3 is 6.09 Å². The summed E-state index contributed by atoms with van der Waals surface area (Å²) in [5.41, 5.74) is 0. The van der Waals surface area contributed by atoms with Crippen LogP contribution < -0.4 is 0 Å². The van der Waals surface area contributed by atoms with Crippen LogP contribution in [0.3, 0.4) is 0 Å². The number of hydrogen-bond acceptors (Lipinski definition) is 2. The molecule has 0 fully saturated rings. The molecule has 0 heterocycles. The van der Waals surface area contributed by atoms with Gasteiger partial charge in [-0.15, -0.1) is 0 Å². The van der Waals surface area contributed by atoms with E-state index in [9.17, 15) is 4.79 Å². The predicted molar refractivity (Wildman–Crippen MR) is 38.2 cm³/mol. The van der Waals surface area contributed by atoms with Gasteiger partial charge in [-0.3, -0.25) is 0 Å². The lowest BCUT2D eigenvalue weighted by molar-refractivity contribution is 0.148. The lowest BCUT2D eigenvalue weighted by atomic mass is 10.6. The Kier molecular flexibility index (Phi) is 4.14. The first kappa shape index (κ1) is 8.83. The molecule has 0 aliphatic heterocycles. The third-order valence-electron chi connectivity index (χ3n) is 1.17. The summed E-state index contributed by atoms with van der Waals surface area (Å²) in [7, 11) is 0. The van der Waals surface area contributed by atoms with Gasteiger partial charge < -0.3 is 9.64 Å². The van der Waals surface area contributed by atoms with Crippen LogP contribution in [-0.2, 0) is 4.74 Å². The number of amides is 1. The highest BCUT2D eigenvalue weighted by atomic mass is 16.5. The van der Waals surface area contributed by atoms with Crippen molar-refractivity contribution >= 4 is 6.09 Å². The van der Waals surface area contributed by atoms with Gasteiger partial charge in [0.1, 0.15) is 6.11 Å². The van der Waals surface area contributed by atoms with Crippen LogP contribution in [-0.4, -0.2) is 24.1 Å². The zero-order valence-electron chi connectivity index (χ0n) is 6.26. The van der Waals surface area contributed by atoms with Gasteiger partial charge in [0, 0.05) is 13.1 Å². The van der Waals surface area contributed by atoms with Crippen molar-refractivity contribution < 1.29 is 9.53 Å². The molecule has 0 spiro atoms. The fraction of sp³-hybridized carbons (Fsp3) is 0.571. The molecule has 56 valence electrons. The largest absolute Gasteiger partial charge is 0.423 e. The normalized spacial score (nSPS) is 8.10. The second-order valence-electron chi connectivity index (χ2n) is 1.66. The average Bonchev–Trinajstić information content (AvgIpc) is 1.91. The lowest BCUT2D eigenvalue weighted by Gasteiger charge is -2.14. The number of carbonyl (C=O) groups excluding carboxylic acids is 1. The van der Waals surface area contributed by atoms with Crippen molar-refractivity contribution in [2.24, 2.45) is 0 Å². The number of terminal acetylenes is 1. The lowest BCUT2D eigenvalue weighted by Crippen LogP contribution is -2.29. The van der Waals surface area contributed by atoms with Crippen molar-refractivity contribution in [3.8, 4) is 12.5 Å². The Labute approximate surface area is 61.0 Å². The highest BCUT2D eigenvalue weighted by Gasteiger charge is 2.08. The molecule has 10 heavy (non-hydrogen) atoms. The quantitative estimate of drug-likeness (QED) is 0.538. The molecule has 0 atom stereocenters. The third kappa shape index (κ3) is 2.40. The topological polar surface area (TPSA) is 29.5 Å². The van der Waals surface area contributed by atoms with Crippen molar-refractivity contribution in [1.29, 1.82) is 0 Å². The van der Waals surface area contributed by atoms with Crippen LogP contribution in [0.5, 0.6) is 0 Å². The van der Waals surface area contributed by atoms with Gasteiger partial charge in [-0.2, -0.15) is 0 Å². The van der Waals surface area contributed by atoms with Crippen LogP contribution in [0.2, 0.25) is 0 Å². The zero-order valence-corrected chi connectivity index (χ0v) is 6.26. The Hall–Kier alpha value is -1.17. The summed E-state index contributed by atoms with van der Waals surface area (Å²) in [4.78, 5) is 12.3. The first-order valence-corrected chi connectivity index (χ1v) is 3.17. The minimum Gasteiger partial charge on any atom is -0.356 e. The number of carbonyl (C=O) groups is 1. The minimum atomic E-state index is -0.451. The first-order valence-electron chi connectivity index (χ1n) is 3.17. The predicted octanol–water partition coefficient (Wildman–Crippen LogP) is 1.06. The Morgan fingerprint density at radius 2 is 2.10 bits per heavy atom. The van der Waals surface area contributed by atoms with E-state index < -0.39 is 6.09 Å². The highest BCUT2D eigenvalue weighted by Crippen LogP contribution is 1.90. The van der Waals surface area contributed by atoms with Crippen LogP contribution in [0.4, 0.5) is 4.79 Å². The highest BCUT2D eigenvalue weighted by molar-refractivity contribution is 5.68. The molecule has 0 radical (unpaired) electrons. The molecule has 0 aromatic heterocycles. The Balaban J connectivity index is 3.79. The van der Waals surface area contributed by atoms with Crippen LogP contribution in [0.25, 0.3) is 0 Å². The van der Waals surface area contributed by atoms with Gasteiger partial charge in [0.2, 0.25) is 0 Å². The van der Waals surface area contributed by atoms with Gasteiger partial charge in [-0.1, -0.05) is 6.42 Å². The number of ether oxygens (including phenoxy) is 1. The van der Waals surface area contributed by atoms with Gasteiger partial charge in [0.25, 0.3) is 0 Å². The van der Waals surface area contributed by atoms with Crippen molar-refractivity contribution in [3.63, 3.8) is 0 Å². The van der Waals surface area contributed by atoms with Crippen LogP contribution in [0.15, 0.2) is 0 Å². The standard InChI is InChI=1S/C7H11NO2/c1-4-8(5-2)7(9)10-6-3/h3H,4-5H2,1-2H3. The second-order valence-corrected chi connectivity index (χ2v) is 1.66. The molecule has 0 aromatic carbocycles. The van der Waals surface area contributed by atoms with Gasteiger partial charge in [0.05, 0.1) is 0 Å². The van der Waals surface area contributed by atoms with Crippen molar-refractivity contribution in [2.45, 2.75) is 13.8 Å². The van der Waals surface area contributed by atoms with E-state index in [0.717, 1.165) is 0 Å². The molecule has 3 nitrogen and oxygen atoms in total. The number of nitrogens with zero attached hydrogens (tertiary/aromatic N) is 1. The summed E-state index contributed by atoms with van der Waals surface area (Å²) >= 11 is 0. The summed E-state index contributed by atoms with van der Waals surface area (Å²) in [6.07, 6.45) is 6.13. The molecule has 1 amide bonds. The molecular formula is C7H11NO2. The molecule has 0 unspecified atom stereocenters. The Morgan fingerprint density at radius 1 is 1.60 bits per heavy atom. The zero-order chi connectivity index (χ0) is 7.98. The van der Waals surface area contributed by atoms with E-state index >= 15 is 0 Å². The summed E-state index contributed by atoms with van der Waals surface area (Å²) in [5, 5.41) is 0. The van der Waals surface area contributed by atoms with Crippen LogP contribution in [0, 0.1) is 12.5 Å². The fourth-order valence-corrected chi connectivity index (χ4v) is 0.597.